The van der Waals surface area contributed by atoms with Crippen LogP contribution in [0.1, 0.15) is 131 Å². The van der Waals surface area contributed by atoms with E-state index in [0.29, 0.717) is 0 Å². The molecule has 5 heteroatoms. The van der Waals surface area contributed by atoms with Crippen molar-refractivity contribution in [1.29, 1.82) is 0 Å². The molecule has 11 rings (SSSR count). The van der Waals surface area contributed by atoms with Gasteiger partial charge in [-0.3, -0.25) is 0 Å². The molecule has 6 aromatic carbocycles. The molecule has 0 saturated carbocycles. The van der Waals surface area contributed by atoms with Gasteiger partial charge in [-0.1, -0.05) is 145 Å². The summed E-state index contributed by atoms with van der Waals surface area (Å²) in [6.45, 7) is 30.4. The smallest absolute Gasteiger partial charge is 0.297 e. The third-order valence-corrected chi connectivity index (χ3v) is 15.0. The Kier molecular flexibility index (Phi) is 8.26. The van der Waals surface area contributed by atoms with Crippen LogP contribution in [0.25, 0.3) is 32.9 Å². The summed E-state index contributed by atoms with van der Waals surface area (Å²) in [6, 6.07) is 41.5. The normalized spacial score (nSPS) is 16.7. The van der Waals surface area contributed by atoms with E-state index in [2.05, 4.69) is 209 Å². The lowest BCUT2D eigenvalue weighted by atomic mass is 9.35. The predicted octanol–water partition coefficient (Wildman–Crippen LogP) is 14.7. The van der Waals surface area contributed by atoms with Gasteiger partial charge in [0.25, 0.3) is 6.71 Å². The molecule has 2 aliphatic heterocycles. The molecule has 0 fully saturated rings. The van der Waals surface area contributed by atoms with Gasteiger partial charge < -0.3 is 18.6 Å². The minimum absolute atomic E-state index is 0.0223. The lowest BCUT2D eigenvalue weighted by molar-refractivity contribution is 0.332. The van der Waals surface area contributed by atoms with Crippen molar-refractivity contribution in [3.05, 3.63) is 137 Å². The predicted molar refractivity (Wildman–Crippen MR) is 269 cm³/mol. The van der Waals surface area contributed by atoms with Crippen molar-refractivity contribution in [2.75, 3.05) is 9.80 Å². The van der Waals surface area contributed by atoms with Crippen LogP contribution in [0.4, 0.5) is 34.1 Å². The van der Waals surface area contributed by atoms with Gasteiger partial charge in [-0.25, -0.2) is 0 Å². The quantitative estimate of drug-likeness (QED) is 0.163. The van der Waals surface area contributed by atoms with Crippen molar-refractivity contribution in [1.82, 2.24) is 0 Å². The van der Waals surface area contributed by atoms with Crippen LogP contribution < -0.4 is 26.4 Å². The number of benzene rings is 6. The maximum atomic E-state index is 7.55. The van der Waals surface area contributed by atoms with Gasteiger partial charge in [-0.05, 0) is 133 Å². The first-order valence-corrected chi connectivity index (χ1v) is 23.2. The van der Waals surface area contributed by atoms with E-state index in [0.717, 1.165) is 74.5 Å². The summed E-state index contributed by atoms with van der Waals surface area (Å²) in [6.07, 6.45) is 2.30. The van der Waals surface area contributed by atoms with Crippen molar-refractivity contribution in [3.8, 4) is 0 Å². The Balaban J connectivity index is 1.30. The van der Waals surface area contributed by atoms with Crippen LogP contribution in [0.2, 0.25) is 0 Å². The fourth-order valence-electron chi connectivity index (χ4n) is 11.0. The number of anilines is 6. The first-order chi connectivity index (χ1) is 29.6. The molecular weight excluding hydrogens is 767 g/mol. The van der Waals surface area contributed by atoms with Crippen LogP contribution in [0, 0.1) is 0 Å². The molecule has 3 aliphatic rings. The van der Waals surface area contributed by atoms with Crippen LogP contribution in [0.3, 0.4) is 0 Å². The fourth-order valence-corrected chi connectivity index (χ4v) is 11.0. The number of hydrogen-bond donors (Lipinski definition) is 0. The van der Waals surface area contributed by atoms with Gasteiger partial charge >= 0.3 is 0 Å². The molecule has 0 radical (unpaired) electrons. The molecule has 0 saturated heterocycles. The maximum absolute atomic E-state index is 7.55. The number of para-hydroxylation sites is 2. The van der Waals surface area contributed by atoms with E-state index in [1.54, 1.807) is 0 Å². The van der Waals surface area contributed by atoms with E-state index in [1.807, 2.05) is 0 Å². The van der Waals surface area contributed by atoms with Crippen molar-refractivity contribution in [2.45, 2.75) is 130 Å². The highest BCUT2D eigenvalue weighted by Gasteiger charge is 2.49. The molecule has 0 bridgehead atoms. The van der Waals surface area contributed by atoms with Gasteiger partial charge in [0.2, 0.25) is 0 Å². The zero-order chi connectivity index (χ0) is 44.3. The Morgan fingerprint density at radius 2 is 1.10 bits per heavy atom. The van der Waals surface area contributed by atoms with Crippen LogP contribution in [0.15, 0.2) is 118 Å². The first kappa shape index (κ1) is 40.1. The van der Waals surface area contributed by atoms with Crippen LogP contribution in [-0.4, -0.2) is 6.71 Å². The molecule has 0 amide bonds. The standard InChI is InChI=1S/C58H61BN2O2/c1-54(2,3)34-21-24-37(25-22-34)60-46-30-36(56(7,8)9)31-47-50(46)59(53-51(60)40-32-41-42(33-49(40)63-53)58(12,13)28-27-57(41,10)11)43-29-35(55(4,5)6)23-26-44(43)61(47)45-19-16-18-39-38-17-14-15-20-48(38)62-52(39)45/h14-26,29-33H,27-28H2,1-13H3. The average Bonchev–Trinajstić information content (AvgIpc) is 3.79. The molecule has 4 heterocycles. The lowest BCUT2D eigenvalue weighted by Crippen LogP contribution is -2.61. The molecule has 0 unspecified atom stereocenters. The molecule has 0 N–H and O–H groups in total. The number of hydrogen-bond acceptors (Lipinski definition) is 4. The number of rotatable bonds is 2. The van der Waals surface area contributed by atoms with Crippen molar-refractivity contribution in [3.63, 3.8) is 0 Å². The highest BCUT2D eigenvalue weighted by atomic mass is 16.3. The number of nitrogens with zero attached hydrogens (tertiary/aromatic N) is 2. The second-order valence-corrected chi connectivity index (χ2v) is 23.3. The van der Waals surface area contributed by atoms with Crippen molar-refractivity contribution < 1.29 is 8.83 Å². The van der Waals surface area contributed by atoms with Crippen molar-refractivity contribution in [2.24, 2.45) is 0 Å². The number of furan rings is 2. The summed E-state index contributed by atoms with van der Waals surface area (Å²) in [7, 11) is 0. The summed E-state index contributed by atoms with van der Waals surface area (Å²) in [4.78, 5) is 5.07. The lowest BCUT2D eigenvalue weighted by Gasteiger charge is -2.44. The van der Waals surface area contributed by atoms with E-state index >= 15 is 0 Å². The van der Waals surface area contributed by atoms with Gasteiger partial charge in [0.15, 0.2) is 5.58 Å². The first-order valence-electron chi connectivity index (χ1n) is 23.2. The van der Waals surface area contributed by atoms with Crippen LogP contribution in [0.5, 0.6) is 0 Å². The highest BCUT2D eigenvalue weighted by molar-refractivity contribution is 7.00. The van der Waals surface area contributed by atoms with Crippen LogP contribution >= 0.6 is 0 Å². The molecule has 8 aromatic rings. The van der Waals surface area contributed by atoms with Crippen molar-refractivity contribution >= 4 is 90.3 Å². The van der Waals surface area contributed by atoms with E-state index in [4.69, 9.17) is 8.83 Å². The highest BCUT2D eigenvalue weighted by Crippen LogP contribution is 2.53. The molecule has 2 aromatic heterocycles. The summed E-state index contributed by atoms with van der Waals surface area (Å²) in [5.41, 5.74) is 19.8. The average molecular weight is 829 g/mol. The van der Waals surface area contributed by atoms with Gasteiger partial charge in [0.05, 0.1) is 17.0 Å². The summed E-state index contributed by atoms with van der Waals surface area (Å²) in [5.74, 6) is 0. The van der Waals surface area contributed by atoms with E-state index in [9.17, 15) is 0 Å². The zero-order valence-corrected chi connectivity index (χ0v) is 39.6. The molecule has 63 heavy (non-hydrogen) atoms. The molecular formula is C58H61BN2O2. The molecule has 0 spiro atoms. The Bertz CT molecular complexity index is 3190. The van der Waals surface area contributed by atoms with Crippen LogP contribution in [-0.2, 0) is 27.1 Å². The second kappa shape index (κ2) is 13.0. The summed E-state index contributed by atoms with van der Waals surface area (Å²) < 4.78 is 14.4. The van der Waals surface area contributed by atoms with E-state index in [1.165, 1.54) is 49.8 Å². The Labute approximate surface area is 374 Å². The summed E-state index contributed by atoms with van der Waals surface area (Å²) in [5, 5.41) is 3.43. The molecule has 0 atom stereocenters. The summed E-state index contributed by atoms with van der Waals surface area (Å²) >= 11 is 0. The van der Waals surface area contributed by atoms with E-state index in [-0.39, 0.29) is 33.8 Å². The molecule has 1 aliphatic carbocycles. The maximum Gasteiger partial charge on any atom is 0.297 e. The topological polar surface area (TPSA) is 32.8 Å². The largest absolute Gasteiger partial charge is 0.468 e. The minimum Gasteiger partial charge on any atom is -0.468 e. The van der Waals surface area contributed by atoms with Gasteiger partial charge in [-0.2, -0.15) is 0 Å². The third-order valence-electron chi connectivity index (χ3n) is 15.0. The SMILES string of the molecule is CC(C)(C)c1ccc(N2c3cc(C(C)(C)C)cc4c3B(c3cc(C(C)(C)C)ccc3N4c3cccc4c3oc3ccccc34)c3oc4cc5c(cc4c32)C(C)(C)CCC5(C)C)cc1. The minimum atomic E-state index is -0.155. The monoisotopic (exact) mass is 828 g/mol. The Morgan fingerprint density at radius 3 is 1.76 bits per heavy atom. The zero-order valence-electron chi connectivity index (χ0n) is 39.6. The molecule has 4 nitrogen and oxygen atoms in total. The Morgan fingerprint density at radius 1 is 0.492 bits per heavy atom. The fraction of sp³-hybridized carbons (Fsp3) is 0.345. The van der Waals surface area contributed by atoms with E-state index < -0.39 is 0 Å². The van der Waals surface area contributed by atoms with Gasteiger partial charge in [0, 0.05) is 38.9 Å². The third kappa shape index (κ3) is 5.94. The van der Waals surface area contributed by atoms with Gasteiger partial charge in [-0.15, -0.1) is 0 Å². The second-order valence-electron chi connectivity index (χ2n) is 23.3. The number of fused-ring (bicyclic) bond motifs is 10. The Hall–Kier alpha value is -5.68. The van der Waals surface area contributed by atoms with Gasteiger partial charge in [0.1, 0.15) is 11.2 Å². The molecule has 318 valence electrons.